The molecule has 1 aliphatic rings. The molecule has 1 heterocycles. The third-order valence-corrected chi connectivity index (χ3v) is 5.88. The van der Waals surface area contributed by atoms with Crippen molar-refractivity contribution in [3.8, 4) is 0 Å². The van der Waals surface area contributed by atoms with Gasteiger partial charge in [0.05, 0.1) is 12.2 Å². The van der Waals surface area contributed by atoms with Crippen molar-refractivity contribution < 1.29 is 14.1 Å². The minimum absolute atomic E-state index is 0.340. The van der Waals surface area contributed by atoms with Gasteiger partial charge in [0.15, 0.2) is 9.79 Å². The number of rotatable bonds is 4. The number of carbonyl (C=O) groups excluding carboxylic acids is 1. The van der Waals surface area contributed by atoms with Gasteiger partial charge in [-0.25, -0.2) is 4.79 Å². The van der Waals surface area contributed by atoms with Crippen molar-refractivity contribution in [2.24, 2.45) is 0 Å². The van der Waals surface area contributed by atoms with E-state index in [1.165, 1.54) is 0 Å². The molecule has 1 atom stereocenters. The Morgan fingerprint density at radius 1 is 1.30 bits per heavy atom. The van der Waals surface area contributed by atoms with Crippen LogP contribution in [0.4, 0.5) is 0 Å². The first-order chi connectivity index (χ1) is 11.1. The largest absolute Gasteiger partial charge is 0.606 e. The van der Waals surface area contributed by atoms with Crippen LogP contribution in [0.2, 0.25) is 0 Å². The zero-order valence-electron chi connectivity index (χ0n) is 12.8. The van der Waals surface area contributed by atoms with Crippen molar-refractivity contribution in [1.29, 1.82) is 0 Å². The second-order valence-corrected chi connectivity index (χ2v) is 7.81. The fourth-order valence-corrected chi connectivity index (χ4v) is 4.73. The number of hydrogen-bond donors (Lipinski definition) is 0. The molecular formula is C18H17BrO3S. The van der Waals surface area contributed by atoms with Crippen molar-refractivity contribution in [3.63, 3.8) is 0 Å². The maximum absolute atomic E-state index is 12.8. The van der Waals surface area contributed by atoms with Crippen LogP contribution in [0.15, 0.2) is 50.7 Å². The standard InChI is InChI=1S/C18H17BrO3S/c1-2-3-8-22-18(20)15-10-13(19)11-17-14(15)9-12-6-4-5-7-16(12)23(17)21/h4-7,10-11H,2-3,8-9H2,1H3. The van der Waals surface area contributed by atoms with E-state index in [9.17, 15) is 9.35 Å². The molecule has 0 spiro atoms. The molecule has 0 aromatic heterocycles. The monoisotopic (exact) mass is 392 g/mol. The summed E-state index contributed by atoms with van der Waals surface area (Å²) in [5.41, 5.74) is 2.32. The number of ether oxygens (including phenoxy) is 1. The molecule has 3 nitrogen and oxygen atoms in total. The second-order valence-electron chi connectivity index (χ2n) is 5.47. The smallest absolute Gasteiger partial charge is 0.338 e. The van der Waals surface area contributed by atoms with Crippen molar-refractivity contribution in [2.45, 2.75) is 36.0 Å². The molecule has 0 saturated heterocycles. The summed E-state index contributed by atoms with van der Waals surface area (Å²) in [5.74, 6) is -0.340. The summed E-state index contributed by atoms with van der Waals surface area (Å²) in [4.78, 5) is 13.9. The summed E-state index contributed by atoms with van der Waals surface area (Å²) in [6.07, 6.45) is 2.42. The van der Waals surface area contributed by atoms with E-state index in [2.05, 4.69) is 22.9 Å². The summed E-state index contributed by atoms with van der Waals surface area (Å²) < 4.78 is 18.9. The molecule has 3 rings (SSSR count). The Kier molecular flexibility index (Phi) is 5.09. The third kappa shape index (κ3) is 3.32. The van der Waals surface area contributed by atoms with E-state index >= 15 is 0 Å². The highest BCUT2D eigenvalue weighted by Crippen LogP contribution is 2.37. The Balaban J connectivity index is 2.00. The van der Waals surface area contributed by atoms with Crippen LogP contribution in [0.3, 0.4) is 0 Å². The fourth-order valence-electron chi connectivity index (χ4n) is 2.67. The Labute approximate surface area is 147 Å². The first-order valence-electron chi connectivity index (χ1n) is 7.61. The zero-order chi connectivity index (χ0) is 16.4. The highest BCUT2D eigenvalue weighted by Gasteiger charge is 2.32. The number of halogens is 1. The van der Waals surface area contributed by atoms with E-state index < -0.39 is 11.2 Å². The van der Waals surface area contributed by atoms with Crippen LogP contribution in [0.1, 0.15) is 41.3 Å². The van der Waals surface area contributed by atoms with Crippen LogP contribution >= 0.6 is 15.9 Å². The summed E-state index contributed by atoms with van der Waals surface area (Å²) in [5, 5.41) is 0. The van der Waals surface area contributed by atoms with Crippen LogP contribution in [-0.2, 0) is 22.3 Å². The van der Waals surface area contributed by atoms with E-state index in [4.69, 9.17) is 4.74 Å². The average molecular weight is 393 g/mol. The van der Waals surface area contributed by atoms with Gasteiger partial charge in [-0.2, -0.15) is 0 Å². The summed E-state index contributed by atoms with van der Waals surface area (Å²) in [6.45, 7) is 2.46. The molecule has 1 unspecified atom stereocenters. The van der Waals surface area contributed by atoms with Crippen molar-refractivity contribution in [1.82, 2.24) is 0 Å². The van der Waals surface area contributed by atoms with E-state index in [-0.39, 0.29) is 5.97 Å². The number of carbonyl (C=O) groups is 1. The molecule has 5 heteroatoms. The van der Waals surface area contributed by atoms with Gasteiger partial charge >= 0.3 is 5.97 Å². The lowest BCUT2D eigenvalue weighted by molar-refractivity contribution is 0.0498. The molecule has 0 saturated carbocycles. The first-order valence-corrected chi connectivity index (χ1v) is 9.55. The molecule has 0 radical (unpaired) electrons. The molecule has 23 heavy (non-hydrogen) atoms. The average Bonchev–Trinajstić information content (AvgIpc) is 2.55. The molecular weight excluding hydrogens is 376 g/mol. The lowest BCUT2D eigenvalue weighted by atomic mass is 9.99. The molecule has 0 aliphatic carbocycles. The minimum Gasteiger partial charge on any atom is -0.606 e. The lowest BCUT2D eigenvalue weighted by Crippen LogP contribution is -2.19. The SMILES string of the molecule is CCCCOC(=O)c1cc(Br)cc2c1Cc1ccccc1[S+]2[O-]. The molecule has 0 amide bonds. The highest BCUT2D eigenvalue weighted by molar-refractivity contribution is 9.10. The van der Waals surface area contributed by atoms with Gasteiger partial charge in [-0.3, -0.25) is 0 Å². The second kappa shape index (κ2) is 7.07. The van der Waals surface area contributed by atoms with Crippen LogP contribution in [-0.4, -0.2) is 17.1 Å². The maximum Gasteiger partial charge on any atom is 0.338 e. The van der Waals surface area contributed by atoms with Crippen LogP contribution in [0.25, 0.3) is 0 Å². The zero-order valence-corrected chi connectivity index (χ0v) is 15.2. The van der Waals surface area contributed by atoms with Crippen LogP contribution in [0.5, 0.6) is 0 Å². The highest BCUT2D eigenvalue weighted by atomic mass is 79.9. The van der Waals surface area contributed by atoms with Crippen LogP contribution < -0.4 is 0 Å². The number of esters is 1. The molecule has 0 N–H and O–H groups in total. The molecule has 2 aromatic carbocycles. The van der Waals surface area contributed by atoms with Gasteiger partial charge in [0.25, 0.3) is 0 Å². The molecule has 1 aliphatic heterocycles. The Bertz CT molecular complexity index is 745. The number of hydrogen-bond acceptors (Lipinski definition) is 3. The van der Waals surface area contributed by atoms with Gasteiger partial charge in [-0.05, 0) is 18.6 Å². The molecule has 0 fully saturated rings. The predicted octanol–water partition coefficient (Wildman–Crippen LogP) is 4.48. The Hall–Kier alpha value is -1.30. The predicted molar refractivity (Wildman–Crippen MR) is 93.3 cm³/mol. The van der Waals surface area contributed by atoms with Gasteiger partial charge in [0, 0.05) is 39.3 Å². The van der Waals surface area contributed by atoms with E-state index in [1.54, 1.807) is 6.07 Å². The Morgan fingerprint density at radius 2 is 2.09 bits per heavy atom. The topological polar surface area (TPSA) is 49.4 Å². The third-order valence-electron chi connectivity index (χ3n) is 3.86. The maximum atomic E-state index is 12.8. The van der Waals surface area contributed by atoms with Gasteiger partial charge in [0.1, 0.15) is 0 Å². The molecule has 0 bridgehead atoms. The van der Waals surface area contributed by atoms with E-state index in [1.807, 2.05) is 30.3 Å². The first kappa shape index (κ1) is 16.6. The molecule has 120 valence electrons. The van der Waals surface area contributed by atoms with Gasteiger partial charge in [-0.15, -0.1) is 0 Å². The fraction of sp³-hybridized carbons (Fsp3) is 0.278. The number of benzene rings is 2. The van der Waals surface area contributed by atoms with E-state index in [0.29, 0.717) is 23.5 Å². The molecule has 2 aromatic rings. The van der Waals surface area contributed by atoms with E-state index in [0.717, 1.165) is 33.3 Å². The summed E-state index contributed by atoms with van der Waals surface area (Å²) in [7, 11) is 0. The lowest BCUT2D eigenvalue weighted by Gasteiger charge is -2.23. The van der Waals surface area contributed by atoms with Crippen molar-refractivity contribution in [2.75, 3.05) is 6.61 Å². The summed E-state index contributed by atoms with van der Waals surface area (Å²) >= 11 is 2.14. The van der Waals surface area contributed by atoms with Crippen molar-refractivity contribution >= 4 is 33.1 Å². The van der Waals surface area contributed by atoms with Gasteiger partial charge < -0.3 is 9.29 Å². The van der Waals surface area contributed by atoms with Gasteiger partial charge in [-0.1, -0.05) is 47.5 Å². The van der Waals surface area contributed by atoms with Crippen LogP contribution in [0, 0.1) is 0 Å². The minimum atomic E-state index is -1.27. The Morgan fingerprint density at radius 3 is 2.87 bits per heavy atom. The normalized spacial score (nSPS) is 15.7. The quantitative estimate of drug-likeness (QED) is 0.437. The number of fused-ring (bicyclic) bond motifs is 2. The number of unbranched alkanes of at least 4 members (excludes halogenated alkanes) is 1. The van der Waals surface area contributed by atoms with Crippen molar-refractivity contribution in [3.05, 3.63) is 57.6 Å². The van der Waals surface area contributed by atoms with Gasteiger partial charge in [0.2, 0.25) is 0 Å². The summed E-state index contributed by atoms with van der Waals surface area (Å²) in [6, 6.07) is 11.3.